The molecule has 1 aliphatic rings. The van der Waals surface area contributed by atoms with Crippen molar-refractivity contribution in [1.29, 1.82) is 0 Å². The molecule has 5 heteroatoms. The third-order valence-corrected chi connectivity index (χ3v) is 3.29. The molecule has 3 rings (SSSR count). The minimum Gasteiger partial charge on any atom is -0.497 e. The molecule has 1 fully saturated rings. The second kappa shape index (κ2) is 4.76. The van der Waals surface area contributed by atoms with Crippen LogP contribution in [0.25, 0.3) is 10.8 Å². The summed E-state index contributed by atoms with van der Waals surface area (Å²) in [6.45, 7) is 0.646. The molecular weight excluding hydrogens is 242 g/mol. The number of hydrogen-bond donors (Lipinski definition) is 2. The molecule has 2 aromatic rings. The van der Waals surface area contributed by atoms with Crippen molar-refractivity contribution in [3.8, 4) is 5.75 Å². The second-order valence-corrected chi connectivity index (χ2v) is 4.60. The Morgan fingerprint density at radius 3 is 3.05 bits per heavy atom. The van der Waals surface area contributed by atoms with E-state index in [-0.39, 0.29) is 11.9 Å². The summed E-state index contributed by atoms with van der Waals surface area (Å²) >= 11 is 0. The third-order valence-electron chi connectivity index (χ3n) is 3.29. The molecular formula is C14H15N3O2. The summed E-state index contributed by atoms with van der Waals surface area (Å²) < 4.78 is 5.21. The van der Waals surface area contributed by atoms with Gasteiger partial charge >= 0.3 is 0 Å². The molecule has 1 amide bonds. The number of aromatic nitrogens is 1. The van der Waals surface area contributed by atoms with Crippen LogP contribution in [0.3, 0.4) is 0 Å². The summed E-state index contributed by atoms with van der Waals surface area (Å²) in [5.74, 6) is 1.71. The van der Waals surface area contributed by atoms with E-state index in [9.17, 15) is 4.79 Å². The highest BCUT2D eigenvalue weighted by molar-refractivity contribution is 5.93. The number of nitrogens with one attached hydrogen (secondary N) is 2. The predicted octanol–water partition coefficient (Wildman–Crippen LogP) is 1.54. The molecule has 19 heavy (non-hydrogen) atoms. The first-order valence-electron chi connectivity index (χ1n) is 6.22. The Hall–Kier alpha value is -2.30. The highest BCUT2D eigenvalue weighted by Gasteiger charge is 2.21. The lowest BCUT2D eigenvalue weighted by Crippen LogP contribution is -2.22. The topological polar surface area (TPSA) is 63.2 Å². The first kappa shape index (κ1) is 11.8. The number of pyridine rings is 1. The van der Waals surface area contributed by atoms with Gasteiger partial charge in [0.15, 0.2) is 0 Å². The Labute approximate surface area is 111 Å². The van der Waals surface area contributed by atoms with Crippen LogP contribution in [0.4, 0.5) is 5.82 Å². The van der Waals surface area contributed by atoms with Crippen molar-refractivity contribution in [2.45, 2.75) is 12.5 Å². The Morgan fingerprint density at radius 1 is 1.42 bits per heavy atom. The number of carbonyl (C=O) groups excluding carboxylic acids is 1. The lowest BCUT2D eigenvalue weighted by molar-refractivity contribution is -0.119. The van der Waals surface area contributed by atoms with Gasteiger partial charge in [-0.05, 0) is 29.7 Å². The van der Waals surface area contributed by atoms with E-state index in [4.69, 9.17) is 4.74 Å². The van der Waals surface area contributed by atoms with Crippen LogP contribution in [0.5, 0.6) is 5.75 Å². The lowest BCUT2D eigenvalue weighted by atomic mass is 10.1. The maximum Gasteiger partial charge on any atom is 0.222 e. The van der Waals surface area contributed by atoms with E-state index in [1.54, 1.807) is 13.3 Å². The number of carbonyl (C=O) groups is 1. The number of rotatable bonds is 3. The van der Waals surface area contributed by atoms with Crippen molar-refractivity contribution < 1.29 is 9.53 Å². The average Bonchev–Trinajstić information content (AvgIpc) is 2.84. The number of hydrogen-bond acceptors (Lipinski definition) is 4. The van der Waals surface area contributed by atoms with Gasteiger partial charge in [-0.1, -0.05) is 0 Å². The standard InChI is InChI=1S/C14H15N3O2/c1-19-11-2-3-12-9(6-11)4-5-15-14(12)17-10-7-13(18)16-8-10/h2-6,10H,7-8H2,1H3,(H,15,17)(H,16,18). The number of fused-ring (bicyclic) bond motifs is 1. The van der Waals surface area contributed by atoms with Crippen LogP contribution in [-0.2, 0) is 4.79 Å². The van der Waals surface area contributed by atoms with Crippen LogP contribution in [0, 0.1) is 0 Å². The Morgan fingerprint density at radius 2 is 2.32 bits per heavy atom. The monoisotopic (exact) mass is 257 g/mol. The zero-order valence-corrected chi connectivity index (χ0v) is 10.6. The Kier molecular flexibility index (Phi) is 2.95. The second-order valence-electron chi connectivity index (χ2n) is 4.60. The third kappa shape index (κ3) is 2.31. The first-order valence-corrected chi connectivity index (χ1v) is 6.22. The molecule has 1 aromatic carbocycles. The normalized spacial score (nSPS) is 18.4. The zero-order valence-electron chi connectivity index (χ0n) is 10.6. The van der Waals surface area contributed by atoms with Gasteiger partial charge in [0, 0.05) is 24.5 Å². The van der Waals surface area contributed by atoms with Crippen molar-refractivity contribution in [1.82, 2.24) is 10.3 Å². The van der Waals surface area contributed by atoms with Crippen molar-refractivity contribution in [2.75, 3.05) is 19.0 Å². The molecule has 0 radical (unpaired) electrons. The van der Waals surface area contributed by atoms with Gasteiger partial charge in [0.25, 0.3) is 0 Å². The van der Waals surface area contributed by atoms with Crippen LogP contribution in [0.15, 0.2) is 30.5 Å². The van der Waals surface area contributed by atoms with Gasteiger partial charge < -0.3 is 15.4 Å². The fourth-order valence-electron chi connectivity index (χ4n) is 2.30. The number of ether oxygens (including phenoxy) is 1. The maximum atomic E-state index is 11.2. The molecule has 1 atom stereocenters. The quantitative estimate of drug-likeness (QED) is 0.875. The van der Waals surface area contributed by atoms with Crippen molar-refractivity contribution in [2.24, 2.45) is 0 Å². The predicted molar refractivity (Wildman–Crippen MR) is 73.3 cm³/mol. The molecule has 0 spiro atoms. The fraction of sp³-hybridized carbons (Fsp3) is 0.286. The highest BCUT2D eigenvalue weighted by Crippen LogP contribution is 2.26. The van der Waals surface area contributed by atoms with Gasteiger partial charge in [-0.2, -0.15) is 0 Å². The molecule has 2 N–H and O–H groups in total. The van der Waals surface area contributed by atoms with Gasteiger partial charge in [0.1, 0.15) is 11.6 Å². The molecule has 2 heterocycles. The average molecular weight is 257 g/mol. The largest absolute Gasteiger partial charge is 0.497 e. The van der Waals surface area contributed by atoms with E-state index in [0.717, 1.165) is 22.3 Å². The van der Waals surface area contributed by atoms with Crippen molar-refractivity contribution >= 4 is 22.5 Å². The number of anilines is 1. The van der Waals surface area contributed by atoms with E-state index >= 15 is 0 Å². The zero-order chi connectivity index (χ0) is 13.2. The van der Waals surface area contributed by atoms with Gasteiger partial charge in [0.2, 0.25) is 5.91 Å². The molecule has 1 saturated heterocycles. The molecule has 1 unspecified atom stereocenters. The lowest BCUT2D eigenvalue weighted by Gasteiger charge is -2.13. The fourth-order valence-corrected chi connectivity index (χ4v) is 2.30. The summed E-state index contributed by atoms with van der Waals surface area (Å²) in [5, 5.41) is 8.22. The molecule has 5 nitrogen and oxygen atoms in total. The summed E-state index contributed by atoms with van der Waals surface area (Å²) in [6, 6.07) is 7.91. The minimum atomic E-state index is 0.0828. The molecule has 0 aliphatic carbocycles. The van der Waals surface area contributed by atoms with Crippen LogP contribution in [-0.4, -0.2) is 30.6 Å². The molecule has 98 valence electrons. The summed E-state index contributed by atoms with van der Waals surface area (Å²) in [4.78, 5) is 15.6. The van der Waals surface area contributed by atoms with E-state index in [2.05, 4.69) is 15.6 Å². The van der Waals surface area contributed by atoms with Gasteiger partial charge in [-0.25, -0.2) is 4.98 Å². The molecule has 0 saturated carbocycles. The number of nitrogens with zero attached hydrogens (tertiary/aromatic N) is 1. The highest BCUT2D eigenvalue weighted by atomic mass is 16.5. The molecule has 1 aromatic heterocycles. The van der Waals surface area contributed by atoms with E-state index in [0.29, 0.717) is 13.0 Å². The van der Waals surface area contributed by atoms with Crippen LogP contribution in [0.1, 0.15) is 6.42 Å². The van der Waals surface area contributed by atoms with E-state index in [1.807, 2.05) is 24.3 Å². The number of methoxy groups -OCH3 is 1. The Balaban J connectivity index is 1.92. The van der Waals surface area contributed by atoms with Gasteiger partial charge in [0.05, 0.1) is 13.2 Å². The van der Waals surface area contributed by atoms with Gasteiger partial charge in [-0.15, -0.1) is 0 Å². The van der Waals surface area contributed by atoms with Crippen LogP contribution < -0.4 is 15.4 Å². The molecule has 1 aliphatic heterocycles. The number of benzene rings is 1. The maximum absolute atomic E-state index is 11.2. The molecule has 0 bridgehead atoms. The first-order chi connectivity index (χ1) is 9.26. The summed E-state index contributed by atoms with van der Waals surface area (Å²) in [5.41, 5.74) is 0. The number of amides is 1. The minimum absolute atomic E-state index is 0.0828. The van der Waals surface area contributed by atoms with Crippen LogP contribution >= 0.6 is 0 Å². The van der Waals surface area contributed by atoms with Crippen LogP contribution in [0.2, 0.25) is 0 Å². The SMILES string of the molecule is COc1ccc2c(NC3CNC(=O)C3)nccc2c1. The van der Waals surface area contributed by atoms with E-state index in [1.165, 1.54) is 0 Å². The smallest absolute Gasteiger partial charge is 0.222 e. The van der Waals surface area contributed by atoms with Crippen molar-refractivity contribution in [3.63, 3.8) is 0 Å². The Bertz CT molecular complexity index is 627. The van der Waals surface area contributed by atoms with Gasteiger partial charge in [-0.3, -0.25) is 4.79 Å². The summed E-state index contributed by atoms with van der Waals surface area (Å²) in [6.07, 6.45) is 2.25. The summed E-state index contributed by atoms with van der Waals surface area (Å²) in [7, 11) is 1.65. The van der Waals surface area contributed by atoms with E-state index < -0.39 is 0 Å². The van der Waals surface area contributed by atoms with Crippen molar-refractivity contribution in [3.05, 3.63) is 30.5 Å².